The molecule has 0 saturated heterocycles. The molecule has 2 heteroatoms. The summed E-state index contributed by atoms with van der Waals surface area (Å²) in [5.41, 5.74) is 1.39. The van der Waals surface area contributed by atoms with Crippen LogP contribution in [0.15, 0.2) is 42.7 Å². The summed E-state index contributed by atoms with van der Waals surface area (Å²) in [6.45, 7) is 5.59. The second-order valence-electron chi connectivity index (χ2n) is 12.0. The van der Waals surface area contributed by atoms with Crippen molar-refractivity contribution >= 4 is 0 Å². The number of aromatic amines is 1. The van der Waals surface area contributed by atoms with E-state index in [1.54, 1.807) is 0 Å². The summed E-state index contributed by atoms with van der Waals surface area (Å²) >= 11 is 0. The molecule has 216 valence electrons. The summed E-state index contributed by atoms with van der Waals surface area (Å²) in [5, 5.41) is 0. The second-order valence-corrected chi connectivity index (χ2v) is 12.0. The Balaban J connectivity index is 1.71. The van der Waals surface area contributed by atoms with E-state index in [9.17, 15) is 0 Å². The zero-order valence-electron chi connectivity index (χ0n) is 25.5. The fourth-order valence-electron chi connectivity index (χ4n) is 6.00. The maximum absolute atomic E-state index is 3.66. The molecule has 0 fully saturated rings. The Kier molecular flexibility index (Phi) is 20.0. The largest absolute Gasteiger partial charge is 0.257 e. The van der Waals surface area contributed by atoms with E-state index in [1.807, 2.05) is 0 Å². The highest BCUT2D eigenvalue weighted by Crippen LogP contribution is 2.26. The van der Waals surface area contributed by atoms with Gasteiger partial charge in [0.2, 0.25) is 0 Å². The number of imidazole rings is 1. The van der Waals surface area contributed by atoms with Crippen LogP contribution in [0.2, 0.25) is 0 Å². The molecule has 0 unspecified atom stereocenters. The van der Waals surface area contributed by atoms with E-state index in [2.05, 4.69) is 66.1 Å². The Hall–Kier alpha value is -1.57. The number of H-pyrrole nitrogens is 1. The average molecular weight is 524 g/mol. The van der Waals surface area contributed by atoms with E-state index in [-0.39, 0.29) is 0 Å². The molecule has 0 saturated carbocycles. The van der Waals surface area contributed by atoms with Crippen LogP contribution in [0.3, 0.4) is 0 Å². The van der Waals surface area contributed by atoms with Gasteiger partial charge in [-0.2, -0.15) is 0 Å². The number of benzene rings is 1. The quantitative estimate of drug-likeness (QED) is 0.0934. The van der Waals surface area contributed by atoms with Gasteiger partial charge in [0.05, 0.1) is 5.92 Å². The van der Waals surface area contributed by atoms with Crippen molar-refractivity contribution in [1.82, 2.24) is 4.98 Å². The smallest absolute Gasteiger partial charge is 0.247 e. The van der Waals surface area contributed by atoms with Crippen LogP contribution in [0, 0.1) is 0 Å². The maximum atomic E-state index is 3.66. The molecule has 0 aliphatic carbocycles. The molecular formula is C36H63N2+. The third-order valence-corrected chi connectivity index (χ3v) is 8.44. The first-order chi connectivity index (χ1) is 18.8. The number of aromatic nitrogens is 2. The number of hydrogen-bond acceptors (Lipinski definition) is 0. The lowest BCUT2D eigenvalue weighted by atomic mass is 9.93. The molecule has 2 nitrogen and oxygen atoms in total. The minimum Gasteiger partial charge on any atom is -0.247 e. The van der Waals surface area contributed by atoms with Gasteiger partial charge in [-0.3, -0.25) is 0 Å². The van der Waals surface area contributed by atoms with Crippen molar-refractivity contribution in [2.24, 2.45) is 0 Å². The number of rotatable bonds is 26. The summed E-state index contributed by atoms with van der Waals surface area (Å²) in [6, 6.07) is 11.0. The lowest BCUT2D eigenvalue weighted by Gasteiger charge is -2.14. The third-order valence-electron chi connectivity index (χ3n) is 8.44. The summed E-state index contributed by atoms with van der Waals surface area (Å²) < 4.78 is 2.48. The molecule has 0 aliphatic heterocycles. The number of nitrogens with one attached hydrogen (secondary N) is 1. The lowest BCUT2D eigenvalue weighted by Crippen LogP contribution is -2.38. The van der Waals surface area contributed by atoms with Crippen molar-refractivity contribution < 1.29 is 4.57 Å². The normalized spacial score (nSPS) is 12.3. The molecule has 0 aliphatic rings. The van der Waals surface area contributed by atoms with Gasteiger partial charge in [-0.15, -0.1) is 0 Å². The predicted octanol–water partition coefficient (Wildman–Crippen LogP) is 11.4. The molecule has 1 aromatic heterocycles. The summed E-state index contributed by atoms with van der Waals surface area (Å²) in [6.07, 6.45) is 37.0. The highest BCUT2D eigenvalue weighted by Gasteiger charge is 2.22. The molecule has 0 bridgehead atoms. The van der Waals surface area contributed by atoms with Crippen molar-refractivity contribution in [3.05, 3.63) is 54.1 Å². The van der Waals surface area contributed by atoms with Crippen molar-refractivity contribution in [2.75, 3.05) is 0 Å². The zero-order chi connectivity index (χ0) is 26.9. The average Bonchev–Trinajstić information content (AvgIpc) is 3.40. The van der Waals surface area contributed by atoms with E-state index in [4.69, 9.17) is 0 Å². The van der Waals surface area contributed by atoms with Gasteiger partial charge in [0.15, 0.2) is 0 Å². The van der Waals surface area contributed by atoms with Crippen LogP contribution in [0.5, 0.6) is 0 Å². The van der Waals surface area contributed by atoms with Gasteiger partial charge >= 0.3 is 0 Å². The van der Waals surface area contributed by atoms with Gasteiger partial charge in [-0.05, 0) is 18.4 Å². The van der Waals surface area contributed by atoms with Crippen LogP contribution >= 0.6 is 0 Å². The summed E-state index contributed by atoms with van der Waals surface area (Å²) in [4.78, 5) is 3.66. The van der Waals surface area contributed by atoms with Crippen molar-refractivity contribution in [1.29, 1.82) is 0 Å². The number of hydrogen-bond donors (Lipinski definition) is 1. The van der Waals surface area contributed by atoms with Gasteiger partial charge in [0.1, 0.15) is 18.9 Å². The lowest BCUT2D eigenvalue weighted by molar-refractivity contribution is -0.695. The first kappa shape index (κ1) is 32.6. The fraction of sp³-hybridized carbons (Fsp3) is 0.750. The van der Waals surface area contributed by atoms with E-state index >= 15 is 0 Å². The molecule has 1 N–H and O–H groups in total. The monoisotopic (exact) mass is 523 g/mol. The molecule has 38 heavy (non-hydrogen) atoms. The Morgan fingerprint density at radius 1 is 0.553 bits per heavy atom. The standard InChI is InChI=1S/C36H62N2/c1-3-5-7-9-11-13-15-17-19-21-26-30-35(29-25-20-18-16-14-12-10-8-6-4-2)36-37-31-32-38(36)33-34-27-23-22-24-28-34/h22-24,27-28,31-32,35H,3-21,25-26,29-30,33H2,1-2H3/p+1/t35-/m0/s1. The molecule has 2 rings (SSSR count). The van der Waals surface area contributed by atoms with Gasteiger partial charge < -0.3 is 0 Å². The number of nitrogens with zero attached hydrogens (tertiary/aromatic N) is 1. The van der Waals surface area contributed by atoms with E-state index in [0.717, 1.165) is 6.54 Å². The van der Waals surface area contributed by atoms with Crippen LogP contribution in [0.1, 0.15) is 179 Å². The SMILES string of the molecule is CCCCCCCCCCCCC[C@H](CCCCCCCCCCCC)c1[nH]cc[n+]1Cc1ccccc1. The molecule has 0 radical (unpaired) electrons. The van der Waals surface area contributed by atoms with E-state index in [0.29, 0.717) is 5.92 Å². The van der Waals surface area contributed by atoms with Crippen LogP contribution < -0.4 is 4.57 Å². The van der Waals surface area contributed by atoms with Crippen LogP contribution in [-0.2, 0) is 6.54 Å². The highest BCUT2D eigenvalue weighted by atomic mass is 15.1. The van der Waals surface area contributed by atoms with Crippen LogP contribution in [0.4, 0.5) is 0 Å². The minimum absolute atomic E-state index is 0.668. The van der Waals surface area contributed by atoms with Crippen molar-refractivity contribution in [3.8, 4) is 0 Å². The number of unbranched alkanes of at least 4 members (excludes halogenated alkanes) is 19. The van der Waals surface area contributed by atoms with E-state index < -0.39 is 0 Å². The summed E-state index contributed by atoms with van der Waals surface area (Å²) in [5.74, 6) is 2.12. The molecule has 2 aromatic rings. The van der Waals surface area contributed by atoms with Crippen LogP contribution in [-0.4, -0.2) is 4.98 Å². The Bertz CT molecular complexity index is 750. The highest BCUT2D eigenvalue weighted by molar-refractivity contribution is 5.13. The van der Waals surface area contributed by atoms with Gasteiger partial charge in [-0.25, -0.2) is 9.55 Å². The van der Waals surface area contributed by atoms with Gasteiger partial charge in [0.25, 0.3) is 5.82 Å². The van der Waals surface area contributed by atoms with Crippen LogP contribution in [0.25, 0.3) is 0 Å². The minimum atomic E-state index is 0.668. The first-order valence-electron chi connectivity index (χ1n) is 17.0. The predicted molar refractivity (Wildman–Crippen MR) is 167 cm³/mol. The van der Waals surface area contributed by atoms with Gasteiger partial charge in [0, 0.05) is 0 Å². The van der Waals surface area contributed by atoms with Crippen molar-refractivity contribution in [2.45, 2.75) is 174 Å². The summed E-state index contributed by atoms with van der Waals surface area (Å²) in [7, 11) is 0. The molecule has 0 amide bonds. The molecule has 0 spiro atoms. The Morgan fingerprint density at radius 3 is 1.42 bits per heavy atom. The zero-order valence-corrected chi connectivity index (χ0v) is 25.5. The molecule has 1 aromatic carbocycles. The third kappa shape index (κ3) is 15.7. The van der Waals surface area contributed by atoms with Crippen molar-refractivity contribution in [3.63, 3.8) is 0 Å². The topological polar surface area (TPSA) is 19.7 Å². The maximum Gasteiger partial charge on any atom is 0.257 e. The Labute approximate surface area is 237 Å². The van der Waals surface area contributed by atoms with E-state index in [1.165, 1.54) is 159 Å². The second kappa shape index (κ2) is 23.3. The van der Waals surface area contributed by atoms with Gasteiger partial charge in [-0.1, -0.05) is 179 Å². The first-order valence-corrected chi connectivity index (χ1v) is 17.0. The fourth-order valence-corrected chi connectivity index (χ4v) is 6.00. The molecular weight excluding hydrogens is 460 g/mol. The Morgan fingerprint density at radius 2 is 0.974 bits per heavy atom. The molecule has 1 atom stereocenters. The molecule has 1 heterocycles.